The number of hydrogen-bond acceptors (Lipinski definition) is 4. The third-order valence-corrected chi connectivity index (χ3v) is 5.02. The van der Waals surface area contributed by atoms with Crippen LogP contribution in [0.1, 0.15) is 40.4 Å². The molecule has 24 heavy (non-hydrogen) atoms. The van der Waals surface area contributed by atoms with Crippen molar-refractivity contribution >= 4 is 5.91 Å². The summed E-state index contributed by atoms with van der Waals surface area (Å²) in [4.78, 5) is 14.7. The summed E-state index contributed by atoms with van der Waals surface area (Å²) < 4.78 is 5.08. The summed E-state index contributed by atoms with van der Waals surface area (Å²) in [5.74, 6) is 0.361. The molecular weight excluding hydrogens is 306 g/mol. The Morgan fingerprint density at radius 1 is 1.29 bits per heavy atom. The topological polar surface area (TPSA) is 78.5 Å². The van der Waals surface area contributed by atoms with E-state index in [0.717, 1.165) is 30.6 Å². The van der Waals surface area contributed by atoms with Crippen molar-refractivity contribution in [3.05, 3.63) is 53.3 Å². The van der Waals surface area contributed by atoms with Crippen LogP contribution in [0.25, 0.3) is 0 Å². The van der Waals surface area contributed by atoms with Crippen LogP contribution in [0.4, 0.5) is 0 Å². The average molecular weight is 327 g/mol. The van der Waals surface area contributed by atoms with Gasteiger partial charge in [0.2, 0.25) is 0 Å². The molecule has 1 amide bonds. The fraction of sp³-hybridized carbons (Fsp3) is 0.444. The summed E-state index contributed by atoms with van der Waals surface area (Å²) in [6.45, 7) is 2.13. The maximum absolute atomic E-state index is 12.8. The second-order valence-electron chi connectivity index (χ2n) is 6.70. The number of amides is 1. The summed E-state index contributed by atoms with van der Waals surface area (Å²) >= 11 is 0. The molecule has 1 aromatic carbocycles. The van der Waals surface area contributed by atoms with E-state index in [1.165, 1.54) is 0 Å². The molecule has 2 aromatic rings. The van der Waals surface area contributed by atoms with Crippen LogP contribution in [-0.2, 0) is 10.3 Å². The van der Waals surface area contributed by atoms with Crippen molar-refractivity contribution in [2.24, 2.45) is 0 Å². The molecule has 6 nitrogen and oxygen atoms in total. The predicted molar refractivity (Wildman–Crippen MR) is 87.6 cm³/mol. The molecule has 6 heteroatoms. The van der Waals surface area contributed by atoms with Crippen molar-refractivity contribution in [1.82, 2.24) is 15.1 Å². The third-order valence-electron chi connectivity index (χ3n) is 5.02. The maximum atomic E-state index is 12.8. The molecule has 0 saturated carbocycles. The lowest BCUT2D eigenvalue weighted by atomic mass is 9.91. The van der Waals surface area contributed by atoms with Crippen LogP contribution in [0.3, 0.4) is 0 Å². The van der Waals surface area contributed by atoms with Gasteiger partial charge in [0.05, 0.1) is 13.2 Å². The number of nitrogens with one attached hydrogen (secondary N) is 1. The van der Waals surface area contributed by atoms with Crippen LogP contribution in [-0.4, -0.2) is 52.4 Å². The van der Waals surface area contributed by atoms with Crippen LogP contribution in [0.2, 0.25) is 0 Å². The highest BCUT2D eigenvalue weighted by atomic mass is 16.5. The average Bonchev–Trinajstić information content (AvgIpc) is 3.14. The van der Waals surface area contributed by atoms with E-state index in [1.54, 1.807) is 18.3 Å². The minimum atomic E-state index is -0.890. The number of hydrogen-bond donors (Lipinski definition) is 2. The predicted octanol–water partition coefficient (Wildman–Crippen LogP) is 1.65. The number of nitrogens with zero attached hydrogens (tertiary/aromatic N) is 2. The van der Waals surface area contributed by atoms with Gasteiger partial charge in [0, 0.05) is 36.5 Å². The molecule has 0 spiro atoms. The Labute approximate surface area is 140 Å². The summed E-state index contributed by atoms with van der Waals surface area (Å²) in [5, 5.41) is 17.3. The number of likely N-dealkylation sites (tertiary alicyclic amines) is 1. The first-order valence-electron chi connectivity index (χ1n) is 8.35. The van der Waals surface area contributed by atoms with Gasteiger partial charge in [0.15, 0.2) is 0 Å². The highest BCUT2D eigenvalue weighted by Crippen LogP contribution is 2.30. The lowest BCUT2D eigenvalue weighted by Gasteiger charge is -2.37. The van der Waals surface area contributed by atoms with E-state index in [2.05, 4.69) is 10.2 Å². The van der Waals surface area contributed by atoms with Gasteiger partial charge in [0.25, 0.3) is 5.91 Å². The summed E-state index contributed by atoms with van der Waals surface area (Å²) in [5.41, 5.74) is 1.67. The maximum Gasteiger partial charge on any atom is 0.253 e. The van der Waals surface area contributed by atoms with Crippen molar-refractivity contribution in [2.75, 3.05) is 26.3 Å². The number of H-pyrrole nitrogens is 1. The van der Waals surface area contributed by atoms with Crippen molar-refractivity contribution in [1.29, 1.82) is 0 Å². The lowest BCUT2D eigenvalue weighted by molar-refractivity contribution is -0.184. The molecule has 0 bridgehead atoms. The fourth-order valence-corrected chi connectivity index (χ4v) is 3.48. The monoisotopic (exact) mass is 327 g/mol. The zero-order valence-electron chi connectivity index (χ0n) is 13.4. The molecule has 1 aromatic heterocycles. The molecule has 0 aliphatic carbocycles. The van der Waals surface area contributed by atoms with Crippen molar-refractivity contribution < 1.29 is 14.6 Å². The standard InChI is InChI=1S/C18H21N3O3/c22-17(13-3-5-15(6-4-13)18(23)11-24-12-18)21-9-1-2-14(10-21)16-7-8-19-20-16/h3-8,14,23H,1-2,9-12H2,(H,19,20). The van der Waals surface area contributed by atoms with Gasteiger partial charge in [-0.1, -0.05) is 12.1 Å². The van der Waals surface area contributed by atoms with E-state index in [-0.39, 0.29) is 5.91 Å². The van der Waals surface area contributed by atoms with E-state index in [4.69, 9.17) is 4.74 Å². The zero-order chi connectivity index (χ0) is 16.6. The van der Waals surface area contributed by atoms with E-state index in [0.29, 0.717) is 31.2 Å². The molecule has 2 fully saturated rings. The largest absolute Gasteiger partial charge is 0.380 e. The number of carbonyl (C=O) groups is 1. The van der Waals surface area contributed by atoms with Crippen LogP contribution in [0, 0.1) is 0 Å². The molecule has 1 unspecified atom stereocenters. The Morgan fingerprint density at radius 3 is 2.71 bits per heavy atom. The van der Waals surface area contributed by atoms with Crippen LogP contribution in [0.15, 0.2) is 36.5 Å². The minimum Gasteiger partial charge on any atom is -0.380 e. The van der Waals surface area contributed by atoms with E-state index < -0.39 is 5.60 Å². The summed E-state index contributed by atoms with van der Waals surface area (Å²) in [6, 6.07) is 9.23. The second-order valence-corrected chi connectivity index (χ2v) is 6.70. The smallest absolute Gasteiger partial charge is 0.253 e. The molecule has 3 heterocycles. The molecule has 2 saturated heterocycles. The SMILES string of the molecule is O=C(c1ccc(C2(O)COC2)cc1)N1CCCC(c2ccn[nH]2)C1. The van der Waals surface area contributed by atoms with Gasteiger partial charge < -0.3 is 14.7 Å². The number of rotatable bonds is 3. The molecule has 4 rings (SSSR count). The van der Waals surface area contributed by atoms with Gasteiger partial charge >= 0.3 is 0 Å². The quantitative estimate of drug-likeness (QED) is 0.898. The van der Waals surface area contributed by atoms with Gasteiger partial charge in [-0.25, -0.2) is 0 Å². The van der Waals surface area contributed by atoms with Gasteiger partial charge in [-0.2, -0.15) is 5.10 Å². The van der Waals surface area contributed by atoms with Gasteiger partial charge in [-0.05, 0) is 36.6 Å². The van der Waals surface area contributed by atoms with E-state index in [9.17, 15) is 9.90 Å². The van der Waals surface area contributed by atoms with Gasteiger partial charge in [0.1, 0.15) is 5.60 Å². The number of carbonyl (C=O) groups excluding carboxylic acids is 1. The molecule has 0 radical (unpaired) electrons. The zero-order valence-corrected chi connectivity index (χ0v) is 13.4. The van der Waals surface area contributed by atoms with E-state index >= 15 is 0 Å². The Balaban J connectivity index is 1.47. The van der Waals surface area contributed by atoms with Crippen LogP contribution >= 0.6 is 0 Å². The van der Waals surface area contributed by atoms with Crippen LogP contribution in [0.5, 0.6) is 0 Å². The third kappa shape index (κ3) is 2.72. The van der Waals surface area contributed by atoms with E-state index in [1.807, 2.05) is 23.1 Å². The molecule has 1 atom stereocenters. The highest BCUT2D eigenvalue weighted by Gasteiger charge is 2.38. The van der Waals surface area contributed by atoms with Gasteiger partial charge in [-0.15, -0.1) is 0 Å². The molecule has 2 aliphatic heterocycles. The minimum absolute atomic E-state index is 0.0441. The molecular formula is C18H21N3O3. The number of aromatic amines is 1. The number of aliphatic hydroxyl groups is 1. The summed E-state index contributed by atoms with van der Waals surface area (Å²) in [6.07, 6.45) is 3.81. The fourth-order valence-electron chi connectivity index (χ4n) is 3.48. The Kier molecular flexibility index (Phi) is 3.86. The van der Waals surface area contributed by atoms with Gasteiger partial charge in [-0.3, -0.25) is 9.89 Å². The van der Waals surface area contributed by atoms with Crippen molar-refractivity contribution in [2.45, 2.75) is 24.4 Å². The molecule has 126 valence electrons. The normalized spacial score (nSPS) is 22.9. The first kappa shape index (κ1) is 15.4. The highest BCUT2D eigenvalue weighted by molar-refractivity contribution is 5.94. The molecule has 2 N–H and O–H groups in total. The second kappa shape index (κ2) is 6.03. The van der Waals surface area contributed by atoms with Crippen molar-refractivity contribution in [3.63, 3.8) is 0 Å². The first-order chi connectivity index (χ1) is 11.7. The molecule has 2 aliphatic rings. The lowest BCUT2D eigenvalue weighted by Crippen LogP contribution is -2.46. The number of benzene rings is 1. The summed E-state index contributed by atoms with van der Waals surface area (Å²) in [7, 11) is 0. The number of piperidine rings is 1. The number of ether oxygens (including phenoxy) is 1. The first-order valence-corrected chi connectivity index (χ1v) is 8.35. The Morgan fingerprint density at radius 2 is 2.08 bits per heavy atom. The van der Waals surface area contributed by atoms with Crippen LogP contribution < -0.4 is 0 Å². The van der Waals surface area contributed by atoms with Crippen molar-refractivity contribution in [3.8, 4) is 0 Å². The Hall–Kier alpha value is -2.18. The Bertz CT molecular complexity index is 708. The number of aromatic nitrogens is 2.